The lowest BCUT2D eigenvalue weighted by Gasteiger charge is -2.33. The van der Waals surface area contributed by atoms with Crippen LogP contribution in [-0.4, -0.2) is 37.2 Å². The van der Waals surface area contributed by atoms with Gasteiger partial charge >= 0.3 is 6.18 Å². The van der Waals surface area contributed by atoms with E-state index in [-0.39, 0.29) is 11.5 Å². The number of piperidine rings is 1. The molecule has 0 bridgehead atoms. The third-order valence-electron chi connectivity index (χ3n) is 5.38. The second kappa shape index (κ2) is 7.54. The van der Waals surface area contributed by atoms with Crippen LogP contribution in [0.1, 0.15) is 18.5 Å². The average molecular weight is 420 g/mol. The van der Waals surface area contributed by atoms with Gasteiger partial charge in [-0.2, -0.15) is 13.2 Å². The summed E-state index contributed by atoms with van der Waals surface area (Å²) in [5.74, 6) is 0.656. The molecule has 1 saturated heterocycles. The van der Waals surface area contributed by atoms with Gasteiger partial charge < -0.3 is 4.90 Å². The van der Waals surface area contributed by atoms with E-state index in [9.17, 15) is 22.8 Å². The molecule has 0 radical (unpaired) electrons. The molecule has 0 aromatic carbocycles. The second-order valence-corrected chi connectivity index (χ2v) is 7.36. The molecule has 4 heterocycles. The minimum absolute atomic E-state index is 0.108. The fraction of sp³-hybridized carbons (Fsp3) is 0.421. The Hall–Kier alpha value is -3.24. The van der Waals surface area contributed by atoms with E-state index in [1.54, 1.807) is 25.5 Å². The van der Waals surface area contributed by atoms with Crippen molar-refractivity contribution in [3.8, 4) is 0 Å². The van der Waals surface area contributed by atoms with E-state index >= 15 is 0 Å². The summed E-state index contributed by atoms with van der Waals surface area (Å²) in [5, 5.41) is 0.500. The highest BCUT2D eigenvalue weighted by Crippen LogP contribution is 2.26. The summed E-state index contributed by atoms with van der Waals surface area (Å²) in [7, 11) is 1.67. The van der Waals surface area contributed by atoms with E-state index in [1.807, 2.05) is 4.90 Å². The fourth-order valence-corrected chi connectivity index (χ4v) is 3.70. The highest BCUT2D eigenvalue weighted by atomic mass is 19.4. The van der Waals surface area contributed by atoms with Crippen LogP contribution < -0.4 is 16.0 Å². The first kappa shape index (κ1) is 20.0. The van der Waals surface area contributed by atoms with Crippen molar-refractivity contribution >= 4 is 16.9 Å². The lowest BCUT2D eigenvalue weighted by molar-refractivity contribution is -0.141. The van der Waals surface area contributed by atoms with E-state index in [4.69, 9.17) is 0 Å². The minimum atomic E-state index is -4.64. The van der Waals surface area contributed by atoms with Gasteiger partial charge in [-0.25, -0.2) is 9.97 Å². The van der Waals surface area contributed by atoms with Crippen LogP contribution in [0.4, 0.5) is 19.1 Å². The quantitative estimate of drug-likeness (QED) is 0.643. The molecule has 11 heteroatoms. The van der Waals surface area contributed by atoms with Gasteiger partial charge in [-0.3, -0.25) is 23.7 Å². The monoisotopic (exact) mass is 420 g/mol. The Kier molecular flexibility index (Phi) is 5.04. The zero-order chi connectivity index (χ0) is 21.5. The Morgan fingerprint density at radius 3 is 2.60 bits per heavy atom. The van der Waals surface area contributed by atoms with Crippen molar-refractivity contribution < 1.29 is 13.2 Å². The third kappa shape index (κ3) is 3.79. The van der Waals surface area contributed by atoms with Crippen LogP contribution in [0.5, 0.6) is 0 Å². The van der Waals surface area contributed by atoms with E-state index < -0.39 is 17.4 Å². The summed E-state index contributed by atoms with van der Waals surface area (Å²) in [5.41, 5.74) is -1.52. The van der Waals surface area contributed by atoms with Crippen LogP contribution >= 0.6 is 0 Å². The summed E-state index contributed by atoms with van der Waals surface area (Å²) in [6.45, 7) is 1.52. The molecule has 3 aromatic heterocycles. The number of fused-ring (bicyclic) bond motifs is 1. The van der Waals surface area contributed by atoms with Gasteiger partial charge in [-0.1, -0.05) is 0 Å². The molecule has 1 fully saturated rings. The first-order valence-corrected chi connectivity index (χ1v) is 9.43. The van der Waals surface area contributed by atoms with Crippen LogP contribution in [0.2, 0.25) is 0 Å². The van der Waals surface area contributed by atoms with Crippen LogP contribution in [0.25, 0.3) is 10.9 Å². The Morgan fingerprint density at radius 1 is 1.20 bits per heavy atom. The molecule has 4 rings (SSSR count). The predicted molar refractivity (Wildman–Crippen MR) is 103 cm³/mol. The van der Waals surface area contributed by atoms with E-state index in [1.165, 1.54) is 9.13 Å². The topological polar surface area (TPSA) is 85.9 Å². The number of hydrogen-bond donors (Lipinski definition) is 0. The molecule has 0 amide bonds. The number of halogens is 3. The lowest BCUT2D eigenvalue weighted by Crippen LogP contribution is -2.39. The zero-order valence-electron chi connectivity index (χ0n) is 16.1. The van der Waals surface area contributed by atoms with Crippen LogP contribution in [0, 0.1) is 5.92 Å². The van der Waals surface area contributed by atoms with Crippen molar-refractivity contribution in [1.29, 1.82) is 0 Å². The van der Waals surface area contributed by atoms with Crippen molar-refractivity contribution in [3.63, 3.8) is 0 Å². The normalized spacial score (nSPS) is 15.7. The number of hydrogen-bond acceptors (Lipinski definition) is 6. The van der Waals surface area contributed by atoms with Crippen molar-refractivity contribution in [2.75, 3.05) is 18.0 Å². The number of alkyl halides is 3. The molecule has 158 valence electrons. The van der Waals surface area contributed by atoms with Gasteiger partial charge in [0.05, 0.1) is 23.4 Å². The van der Waals surface area contributed by atoms with Crippen molar-refractivity contribution in [3.05, 3.63) is 57.3 Å². The first-order valence-electron chi connectivity index (χ1n) is 9.43. The smallest absolute Gasteiger partial charge is 0.342 e. The maximum absolute atomic E-state index is 12.7. The second-order valence-electron chi connectivity index (χ2n) is 7.36. The SMILES string of the molecule is Cn1c(N2CCC(Cn3cnc(C(F)(F)F)cc3=O)CC2)nc2cnccc2c1=O. The van der Waals surface area contributed by atoms with Gasteiger partial charge in [-0.05, 0) is 24.8 Å². The number of nitrogens with zero attached hydrogens (tertiary/aromatic N) is 6. The average Bonchev–Trinajstić information content (AvgIpc) is 2.72. The Bertz CT molecular complexity index is 1200. The van der Waals surface area contributed by atoms with E-state index in [0.717, 1.165) is 6.33 Å². The summed E-state index contributed by atoms with van der Waals surface area (Å²) < 4.78 is 40.7. The zero-order valence-corrected chi connectivity index (χ0v) is 16.1. The van der Waals surface area contributed by atoms with Crippen LogP contribution in [0.3, 0.4) is 0 Å². The first-order chi connectivity index (χ1) is 14.2. The highest BCUT2D eigenvalue weighted by molar-refractivity contribution is 5.77. The van der Waals surface area contributed by atoms with Gasteiger partial charge in [0.15, 0.2) is 5.69 Å². The number of aromatic nitrogens is 5. The fourth-order valence-electron chi connectivity index (χ4n) is 3.70. The highest BCUT2D eigenvalue weighted by Gasteiger charge is 2.33. The van der Waals surface area contributed by atoms with Crippen LogP contribution in [0.15, 0.2) is 40.4 Å². The van der Waals surface area contributed by atoms with Gasteiger partial charge in [0.25, 0.3) is 11.1 Å². The molecule has 1 aliphatic rings. The van der Waals surface area contributed by atoms with Crippen molar-refractivity contribution in [1.82, 2.24) is 24.1 Å². The molecule has 0 saturated carbocycles. The third-order valence-corrected chi connectivity index (χ3v) is 5.38. The Labute approximate surface area is 168 Å². The standard InChI is InChI=1S/C19H19F3N6O2/c1-26-17(30)13-2-5-23-9-14(13)25-18(26)27-6-3-12(4-7-27)10-28-11-24-15(8-16(28)29)19(20,21)22/h2,5,8-9,11-12H,3-4,6-7,10H2,1H3. The molecule has 8 nitrogen and oxygen atoms in total. The van der Waals surface area contributed by atoms with Gasteiger partial charge in [0.2, 0.25) is 5.95 Å². The summed E-state index contributed by atoms with van der Waals surface area (Å²) in [6.07, 6.45) is 0.829. The lowest BCUT2D eigenvalue weighted by atomic mass is 9.97. The number of pyridine rings is 1. The largest absolute Gasteiger partial charge is 0.433 e. The molecular weight excluding hydrogens is 401 g/mol. The number of anilines is 1. The maximum atomic E-state index is 12.7. The van der Waals surface area contributed by atoms with E-state index in [0.29, 0.717) is 55.4 Å². The molecule has 0 aliphatic carbocycles. The van der Waals surface area contributed by atoms with Gasteiger partial charge in [0.1, 0.15) is 0 Å². The molecule has 30 heavy (non-hydrogen) atoms. The summed E-state index contributed by atoms with van der Waals surface area (Å²) >= 11 is 0. The maximum Gasteiger partial charge on any atom is 0.433 e. The van der Waals surface area contributed by atoms with Crippen molar-refractivity contribution in [2.45, 2.75) is 25.6 Å². The molecule has 0 N–H and O–H groups in total. The van der Waals surface area contributed by atoms with E-state index in [2.05, 4.69) is 15.0 Å². The molecule has 0 spiro atoms. The summed E-state index contributed by atoms with van der Waals surface area (Å²) in [4.78, 5) is 38.5. The molecule has 0 atom stereocenters. The Morgan fingerprint density at radius 2 is 1.93 bits per heavy atom. The van der Waals surface area contributed by atoms with Crippen LogP contribution in [-0.2, 0) is 19.8 Å². The van der Waals surface area contributed by atoms with Gasteiger partial charge in [0, 0.05) is 38.9 Å². The molecule has 0 unspecified atom stereocenters. The Balaban J connectivity index is 1.47. The minimum Gasteiger partial charge on any atom is -0.342 e. The summed E-state index contributed by atoms with van der Waals surface area (Å²) in [6, 6.07) is 2.16. The molecular formula is C19H19F3N6O2. The van der Waals surface area contributed by atoms with Crippen molar-refractivity contribution in [2.24, 2.45) is 13.0 Å². The molecule has 1 aliphatic heterocycles. The number of rotatable bonds is 3. The van der Waals surface area contributed by atoms with Gasteiger partial charge in [-0.15, -0.1) is 0 Å². The predicted octanol–water partition coefficient (Wildman–Crippen LogP) is 1.82. The molecule has 3 aromatic rings.